The second-order valence-corrected chi connectivity index (χ2v) is 8.86. The molecule has 1 N–H and O–H groups in total. The van der Waals surface area contributed by atoms with E-state index in [2.05, 4.69) is 21.2 Å². The Hall–Kier alpha value is -3.96. The second kappa shape index (κ2) is 9.49. The van der Waals surface area contributed by atoms with Crippen molar-refractivity contribution in [1.29, 1.82) is 0 Å². The van der Waals surface area contributed by atoms with Crippen molar-refractivity contribution in [3.63, 3.8) is 0 Å². The molecular weight excluding hydrogens is 488 g/mol. The molecule has 4 aromatic carbocycles. The zero-order valence-electron chi connectivity index (χ0n) is 18.2. The number of carbonyl (C=O) groups is 2. The van der Waals surface area contributed by atoms with Crippen LogP contribution in [0.3, 0.4) is 0 Å². The van der Waals surface area contributed by atoms with Crippen molar-refractivity contribution in [2.45, 2.75) is 6.04 Å². The number of hydrogen-bond acceptors (Lipinski definition) is 3. The van der Waals surface area contributed by atoms with Gasteiger partial charge in [0.2, 0.25) is 0 Å². The van der Waals surface area contributed by atoms with Crippen molar-refractivity contribution in [1.82, 2.24) is 0 Å². The average Bonchev–Trinajstić information content (AvgIpc) is 3.17. The average molecular weight is 509 g/mol. The third kappa shape index (κ3) is 4.18. The van der Waals surface area contributed by atoms with Crippen LogP contribution in [0, 0.1) is 0 Å². The molecule has 1 heterocycles. The fourth-order valence-electron chi connectivity index (χ4n) is 4.20. The number of Topliss-reactive ketones (excluding diaryl/α,β-unsaturated/α-hetero) is 1. The molecule has 4 nitrogen and oxygen atoms in total. The van der Waals surface area contributed by atoms with Gasteiger partial charge in [-0.05, 0) is 42.0 Å². The number of ketones is 1. The third-order valence-electron chi connectivity index (χ3n) is 5.78. The Bertz CT molecular complexity index is 1350. The Labute approximate surface area is 206 Å². The Balaban J connectivity index is 1.73. The number of nitrogens with zero attached hydrogens (tertiary/aromatic N) is 1. The number of halogens is 1. The molecular formula is C29H21BrN2O2. The van der Waals surface area contributed by atoms with Gasteiger partial charge in [0.05, 0.1) is 11.6 Å². The molecule has 1 amide bonds. The highest BCUT2D eigenvalue weighted by molar-refractivity contribution is 9.10. The second-order valence-electron chi connectivity index (χ2n) is 7.94. The predicted molar refractivity (Wildman–Crippen MR) is 139 cm³/mol. The lowest BCUT2D eigenvalue weighted by Gasteiger charge is -2.27. The molecule has 0 bridgehead atoms. The summed E-state index contributed by atoms with van der Waals surface area (Å²) in [4.78, 5) is 29.6. The van der Waals surface area contributed by atoms with Crippen LogP contribution in [0.1, 0.15) is 22.0 Å². The van der Waals surface area contributed by atoms with Crippen LogP contribution >= 0.6 is 15.9 Å². The summed E-state index contributed by atoms with van der Waals surface area (Å²) in [5.41, 5.74) is 3.57. The van der Waals surface area contributed by atoms with Crippen LogP contribution in [-0.4, -0.2) is 11.7 Å². The number of hydrogen-bond donors (Lipinski definition) is 1. The van der Waals surface area contributed by atoms with E-state index >= 15 is 0 Å². The lowest BCUT2D eigenvalue weighted by molar-refractivity contribution is -0.114. The molecule has 4 aromatic rings. The van der Waals surface area contributed by atoms with Crippen molar-refractivity contribution in [3.05, 3.63) is 142 Å². The number of carbonyl (C=O) groups excluding carboxylic acids is 2. The van der Waals surface area contributed by atoms with E-state index in [1.807, 2.05) is 103 Å². The number of benzene rings is 4. The van der Waals surface area contributed by atoms with Gasteiger partial charge in [-0.1, -0.05) is 94.8 Å². The summed E-state index contributed by atoms with van der Waals surface area (Å²) < 4.78 is 0.925. The molecule has 0 unspecified atom stereocenters. The minimum atomic E-state index is -0.582. The van der Waals surface area contributed by atoms with Crippen molar-refractivity contribution in [3.8, 4) is 0 Å². The SMILES string of the molecule is O=C(C1=C(Nc2ccccc2)C(=O)N(c2ccccc2)[C@@H]1c1ccc(Br)cc1)c1ccccc1. The predicted octanol–water partition coefficient (Wildman–Crippen LogP) is 6.79. The normalized spacial score (nSPS) is 15.5. The maximum Gasteiger partial charge on any atom is 0.276 e. The Morgan fingerprint density at radius 2 is 1.29 bits per heavy atom. The summed E-state index contributed by atoms with van der Waals surface area (Å²) in [5, 5.41) is 3.26. The molecule has 0 saturated heterocycles. The molecule has 5 heteroatoms. The first-order valence-corrected chi connectivity index (χ1v) is 11.7. The number of anilines is 2. The summed E-state index contributed by atoms with van der Waals surface area (Å²) in [5.74, 6) is -0.430. The highest BCUT2D eigenvalue weighted by Gasteiger charge is 2.44. The smallest absolute Gasteiger partial charge is 0.276 e. The first-order valence-electron chi connectivity index (χ1n) is 10.9. The minimum absolute atomic E-state index is 0.182. The topological polar surface area (TPSA) is 49.4 Å². The highest BCUT2D eigenvalue weighted by Crippen LogP contribution is 2.43. The quantitative estimate of drug-likeness (QED) is 0.292. The monoisotopic (exact) mass is 508 g/mol. The summed E-state index contributed by atoms with van der Waals surface area (Å²) in [6.07, 6.45) is 0. The number of para-hydroxylation sites is 2. The van der Waals surface area contributed by atoms with Crippen molar-refractivity contribution >= 4 is 39.0 Å². The van der Waals surface area contributed by atoms with E-state index in [0.29, 0.717) is 11.1 Å². The number of rotatable bonds is 6. The first kappa shape index (κ1) is 21.9. The maximum absolute atomic E-state index is 14.0. The van der Waals surface area contributed by atoms with Gasteiger partial charge in [-0.3, -0.25) is 14.5 Å². The standard InChI is InChI=1S/C29H21BrN2O2/c30-22-18-16-20(17-19-22)27-25(28(33)21-10-4-1-5-11-21)26(31-23-12-6-2-7-13-23)29(34)32(27)24-14-8-3-9-15-24/h1-19,27,31H/t27-/m1/s1. The lowest BCUT2D eigenvalue weighted by Crippen LogP contribution is -2.31. The van der Waals surface area contributed by atoms with E-state index < -0.39 is 6.04 Å². The van der Waals surface area contributed by atoms with Crippen LogP contribution in [0.2, 0.25) is 0 Å². The number of amides is 1. The molecule has 0 aliphatic carbocycles. The van der Waals surface area contributed by atoms with Crippen LogP contribution in [0.4, 0.5) is 11.4 Å². The van der Waals surface area contributed by atoms with E-state index in [1.54, 1.807) is 17.0 Å². The molecule has 166 valence electrons. The minimum Gasteiger partial charge on any atom is -0.351 e. The molecule has 1 aliphatic heterocycles. The van der Waals surface area contributed by atoms with Crippen molar-refractivity contribution in [2.24, 2.45) is 0 Å². The van der Waals surface area contributed by atoms with Crippen LogP contribution < -0.4 is 10.2 Å². The van der Waals surface area contributed by atoms with Gasteiger partial charge >= 0.3 is 0 Å². The zero-order chi connectivity index (χ0) is 23.5. The summed E-state index contributed by atoms with van der Waals surface area (Å²) >= 11 is 3.49. The van der Waals surface area contributed by atoms with Crippen LogP contribution in [0.25, 0.3) is 0 Å². The van der Waals surface area contributed by atoms with Gasteiger partial charge in [-0.25, -0.2) is 0 Å². The van der Waals surface area contributed by atoms with Gasteiger partial charge < -0.3 is 5.32 Å². The van der Waals surface area contributed by atoms with Gasteiger partial charge in [-0.15, -0.1) is 0 Å². The fraction of sp³-hybridized carbons (Fsp3) is 0.0345. The molecule has 34 heavy (non-hydrogen) atoms. The lowest BCUT2D eigenvalue weighted by atomic mass is 9.92. The van der Waals surface area contributed by atoms with Crippen LogP contribution in [0.5, 0.6) is 0 Å². The van der Waals surface area contributed by atoms with E-state index in [4.69, 9.17) is 0 Å². The zero-order valence-corrected chi connectivity index (χ0v) is 19.8. The van der Waals surface area contributed by atoms with E-state index in [9.17, 15) is 9.59 Å². The van der Waals surface area contributed by atoms with Gasteiger partial charge in [0, 0.05) is 21.4 Å². The Morgan fingerprint density at radius 3 is 1.91 bits per heavy atom. The summed E-state index contributed by atoms with van der Waals surface area (Å²) in [6, 6.07) is 35.2. The van der Waals surface area contributed by atoms with E-state index in [0.717, 1.165) is 21.4 Å². The van der Waals surface area contributed by atoms with Gasteiger partial charge in [0.1, 0.15) is 5.70 Å². The maximum atomic E-state index is 14.0. The molecule has 5 rings (SSSR count). The van der Waals surface area contributed by atoms with E-state index in [-0.39, 0.29) is 17.4 Å². The Morgan fingerprint density at radius 1 is 0.735 bits per heavy atom. The molecule has 1 aliphatic rings. The van der Waals surface area contributed by atoms with Crippen molar-refractivity contribution < 1.29 is 9.59 Å². The van der Waals surface area contributed by atoms with Crippen LogP contribution in [-0.2, 0) is 4.79 Å². The van der Waals surface area contributed by atoms with Crippen molar-refractivity contribution in [2.75, 3.05) is 10.2 Å². The highest BCUT2D eigenvalue weighted by atomic mass is 79.9. The molecule has 0 radical (unpaired) electrons. The van der Waals surface area contributed by atoms with Gasteiger partial charge in [-0.2, -0.15) is 0 Å². The van der Waals surface area contributed by atoms with E-state index in [1.165, 1.54) is 0 Å². The summed E-state index contributed by atoms with van der Waals surface area (Å²) in [6.45, 7) is 0. The molecule has 0 saturated carbocycles. The molecule has 0 fully saturated rings. The molecule has 0 aromatic heterocycles. The number of nitrogens with one attached hydrogen (secondary N) is 1. The largest absolute Gasteiger partial charge is 0.351 e. The van der Waals surface area contributed by atoms with Crippen LogP contribution in [0.15, 0.2) is 131 Å². The van der Waals surface area contributed by atoms with Gasteiger partial charge in [0.25, 0.3) is 5.91 Å². The summed E-state index contributed by atoms with van der Waals surface area (Å²) in [7, 11) is 0. The fourth-order valence-corrected chi connectivity index (χ4v) is 4.47. The molecule has 0 spiro atoms. The third-order valence-corrected chi connectivity index (χ3v) is 6.31. The Kier molecular flexibility index (Phi) is 6.11. The van der Waals surface area contributed by atoms with Gasteiger partial charge in [0.15, 0.2) is 5.78 Å². The first-order chi connectivity index (χ1) is 16.6. The molecule has 1 atom stereocenters.